The Kier molecular flexibility index (Phi) is 6.74. The number of piperazine rings is 1. The maximum absolute atomic E-state index is 12.2. The Morgan fingerprint density at radius 2 is 1.94 bits per heavy atom. The molecule has 4 rings (SSSR count). The van der Waals surface area contributed by atoms with E-state index in [1.807, 2.05) is 37.6 Å². The molecule has 0 spiro atoms. The summed E-state index contributed by atoms with van der Waals surface area (Å²) in [7, 11) is 0. The number of carbonyl (C=O) groups is 1. The summed E-state index contributed by atoms with van der Waals surface area (Å²) >= 11 is 1.62. The Bertz CT molecular complexity index is 858. The van der Waals surface area contributed by atoms with Gasteiger partial charge in [-0.15, -0.1) is 11.3 Å². The van der Waals surface area contributed by atoms with Crippen LogP contribution in [0.4, 0.5) is 10.6 Å². The van der Waals surface area contributed by atoms with Crippen molar-refractivity contribution in [3.05, 3.63) is 40.5 Å². The summed E-state index contributed by atoms with van der Waals surface area (Å²) in [5.74, 6) is 1.04. The van der Waals surface area contributed by atoms with Crippen LogP contribution in [0.15, 0.2) is 29.8 Å². The Morgan fingerprint density at radius 3 is 2.58 bits per heavy atom. The monoisotopic (exact) mass is 444 g/mol. The summed E-state index contributed by atoms with van der Waals surface area (Å²) in [6, 6.07) is 6.08. The predicted octanol–water partition coefficient (Wildman–Crippen LogP) is 2.26. The van der Waals surface area contributed by atoms with Gasteiger partial charge in [0.2, 0.25) is 0 Å². The van der Waals surface area contributed by atoms with E-state index in [1.54, 1.807) is 16.2 Å². The van der Waals surface area contributed by atoms with E-state index in [0.29, 0.717) is 25.9 Å². The molecule has 168 valence electrons. The zero-order valence-corrected chi connectivity index (χ0v) is 19.1. The third-order valence-electron chi connectivity index (χ3n) is 6.02. The lowest BCUT2D eigenvalue weighted by Gasteiger charge is -2.37. The topological polar surface area (TPSA) is 84.8 Å². The number of pyridine rings is 1. The highest BCUT2D eigenvalue weighted by Crippen LogP contribution is 2.33. The molecule has 9 heteroatoms. The molecule has 2 N–H and O–H groups in total. The summed E-state index contributed by atoms with van der Waals surface area (Å²) in [4.78, 5) is 27.9. The average Bonchev–Trinajstić information content (AvgIpc) is 3.24. The molecule has 0 unspecified atom stereocenters. The summed E-state index contributed by atoms with van der Waals surface area (Å²) in [5, 5.41) is 17.1. The van der Waals surface area contributed by atoms with Gasteiger partial charge in [0.05, 0.1) is 12.2 Å². The number of anilines is 1. The normalized spacial score (nSPS) is 19.6. The van der Waals surface area contributed by atoms with Crippen molar-refractivity contribution >= 4 is 23.2 Å². The number of nitrogens with one attached hydrogen (secondary N) is 1. The predicted molar refractivity (Wildman–Crippen MR) is 122 cm³/mol. The van der Waals surface area contributed by atoms with Gasteiger partial charge in [-0.25, -0.2) is 14.8 Å². The first kappa shape index (κ1) is 22.0. The summed E-state index contributed by atoms with van der Waals surface area (Å²) in [6.07, 6.45) is 2.87. The molecule has 0 atom stereocenters. The molecule has 2 amide bonds. The van der Waals surface area contributed by atoms with Crippen molar-refractivity contribution < 1.29 is 9.90 Å². The number of piperidine rings is 1. The van der Waals surface area contributed by atoms with Gasteiger partial charge >= 0.3 is 6.03 Å². The van der Waals surface area contributed by atoms with Gasteiger partial charge in [-0.05, 0) is 38.8 Å². The smallest absolute Gasteiger partial charge is 0.317 e. The first-order valence-corrected chi connectivity index (χ1v) is 11.9. The van der Waals surface area contributed by atoms with Crippen molar-refractivity contribution in [2.45, 2.75) is 44.9 Å². The van der Waals surface area contributed by atoms with Gasteiger partial charge in [0.1, 0.15) is 16.4 Å². The minimum Gasteiger partial charge on any atom is -0.383 e. The number of carbonyl (C=O) groups excluding carboxylic acids is 1. The van der Waals surface area contributed by atoms with Gasteiger partial charge in [-0.1, -0.05) is 6.07 Å². The van der Waals surface area contributed by atoms with E-state index in [1.165, 1.54) is 0 Å². The second-order valence-electron chi connectivity index (χ2n) is 8.70. The molecular formula is C22H32N6O2S. The molecule has 2 saturated heterocycles. The van der Waals surface area contributed by atoms with E-state index in [2.05, 4.69) is 26.2 Å². The molecule has 2 aliphatic heterocycles. The van der Waals surface area contributed by atoms with Crippen molar-refractivity contribution in [2.24, 2.45) is 0 Å². The van der Waals surface area contributed by atoms with E-state index in [0.717, 1.165) is 49.2 Å². The van der Waals surface area contributed by atoms with E-state index in [4.69, 9.17) is 4.98 Å². The van der Waals surface area contributed by atoms with Crippen molar-refractivity contribution in [1.82, 2.24) is 25.1 Å². The molecular weight excluding hydrogens is 412 g/mol. The summed E-state index contributed by atoms with van der Waals surface area (Å²) < 4.78 is 0. The van der Waals surface area contributed by atoms with Gasteiger partial charge in [0.15, 0.2) is 0 Å². The Morgan fingerprint density at radius 1 is 1.19 bits per heavy atom. The number of thiazole rings is 1. The number of hydrogen-bond donors (Lipinski definition) is 2. The largest absolute Gasteiger partial charge is 0.383 e. The van der Waals surface area contributed by atoms with Crippen LogP contribution < -0.4 is 10.2 Å². The molecule has 2 fully saturated rings. The fraction of sp³-hybridized carbons (Fsp3) is 0.591. The Labute approximate surface area is 187 Å². The first-order valence-electron chi connectivity index (χ1n) is 11.0. The molecule has 2 aliphatic rings. The van der Waals surface area contributed by atoms with Crippen LogP contribution in [0.3, 0.4) is 0 Å². The molecule has 2 aromatic heterocycles. The standard InChI is InChI=1S/C22H32N6O2S/c1-17(2)24-21(29)28-9-6-22(30,7-10-28)18-16-31-20(25-18)15-26-11-13-27(14-12-26)19-5-3-4-8-23-19/h3-5,8,16-17,30H,6-7,9-15H2,1-2H3,(H,24,29). The fourth-order valence-electron chi connectivity index (χ4n) is 4.14. The molecule has 0 aromatic carbocycles. The van der Waals surface area contributed by atoms with Crippen LogP contribution in [0.2, 0.25) is 0 Å². The Hall–Kier alpha value is -2.23. The summed E-state index contributed by atoms with van der Waals surface area (Å²) in [5.41, 5.74) is -0.190. The number of amides is 2. The molecule has 31 heavy (non-hydrogen) atoms. The van der Waals surface area contributed by atoms with Gasteiger partial charge in [-0.3, -0.25) is 4.90 Å². The number of hydrogen-bond acceptors (Lipinski definition) is 7. The molecule has 4 heterocycles. The molecule has 0 saturated carbocycles. The third kappa shape index (κ3) is 5.34. The molecule has 2 aromatic rings. The van der Waals surface area contributed by atoms with Crippen molar-refractivity contribution in [1.29, 1.82) is 0 Å². The van der Waals surface area contributed by atoms with Crippen molar-refractivity contribution in [3.8, 4) is 0 Å². The van der Waals surface area contributed by atoms with Crippen LogP contribution in [0.5, 0.6) is 0 Å². The first-order chi connectivity index (χ1) is 14.9. The van der Waals surface area contributed by atoms with Crippen molar-refractivity contribution in [3.63, 3.8) is 0 Å². The SMILES string of the molecule is CC(C)NC(=O)N1CCC(O)(c2csc(CN3CCN(c4ccccn4)CC3)n2)CC1. The highest BCUT2D eigenvalue weighted by molar-refractivity contribution is 7.09. The van der Waals surface area contributed by atoms with Crippen LogP contribution in [0, 0.1) is 0 Å². The molecule has 8 nitrogen and oxygen atoms in total. The van der Waals surface area contributed by atoms with Crippen LogP contribution in [-0.4, -0.2) is 76.2 Å². The number of aliphatic hydroxyl groups is 1. The quantitative estimate of drug-likeness (QED) is 0.736. The maximum Gasteiger partial charge on any atom is 0.317 e. The number of urea groups is 1. The summed E-state index contributed by atoms with van der Waals surface area (Å²) in [6.45, 7) is 9.63. The fourth-order valence-corrected chi connectivity index (χ4v) is 5.07. The van der Waals surface area contributed by atoms with Gasteiger partial charge < -0.3 is 20.2 Å². The lowest BCUT2D eigenvalue weighted by atomic mass is 9.89. The number of aromatic nitrogens is 2. The highest BCUT2D eigenvalue weighted by atomic mass is 32.1. The third-order valence-corrected chi connectivity index (χ3v) is 6.86. The maximum atomic E-state index is 12.2. The second-order valence-corrected chi connectivity index (χ2v) is 9.64. The Balaban J connectivity index is 1.28. The van der Waals surface area contributed by atoms with Crippen LogP contribution in [0.1, 0.15) is 37.4 Å². The highest BCUT2D eigenvalue weighted by Gasteiger charge is 2.37. The molecule has 0 aliphatic carbocycles. The lowest BCUT2D eigenvalue weighted by molar-refractivity contribution is -0.0201. The van der Waals surface area contributed by atoms with E-state index in [-0.39, 0.29) is 12.1 Å². The second kappa shape index (κ2) is 9.50. The number of likely N-dealkylation sites (tertiary alicyclic amines) is 1. The minimum atomic E-state index is -0.943. The average molecular weight is 445 g/mol. The van der Waals surface area contributed by atoms with Crippen LogP contribution in [0.25, 0.3) is 0 Å². The van der Waals surface area contributed by atoms with Gasteiger partial charge in [-0.2, -0.15) is 0 Å². The van der Waals surface area contributed by atoms with Crippen LogP contribution >= 0.6 is 11.3 Å². The van der Waals surface area contributed by atoms with E-state index < -0.39 is 5.60 Å². The zero-order chi connectivity index (χ0) is 21.8. The van der Waals surface area contributed by atoms with Gasteiger partial charge in [0, 0.05) is 56.9 Å². The minimum absolute atomic E-state index is 0.0548. The van der Waals surface area contributed by atoms with Crippen molar-refractivity contribution in [2.75, 3.05) is 44.2 Å². The number of rotatable bonds is 5. The zero-order valence-electron chi connectivity index (χ0n) is 18.3. The van der Waals surface area contributed by atoms with E-state index in [9.17, 15) is 9.90 Å². The number of nitrogens with zero attached hydrogens (tertiary/aromatic N) is 5. The van der Waals surface area contributed by atoms with E-state index >= 15 is 0 Å². The lowest BCUT2D eigenvalue weighted by Crippen LogP contribution is -2.50. The molecule has 0 bridgehead atoms. The van der Waals surface area contributed by atoms with Gasteiger partial charge in [0.25, 0.3) is 0 Å². The van der Waals surface area contributed by atoms with Crippen LogP contribution in [-0.2, 0) is 12.1 Å². The molecule has 0 radical (unpaired) electrons.